The fourth-order valence-corrected chi connectivity index (χ4v) is 1.94. The van der Waals surface area contributed by atoms with Crippen molar-refractivity contribution in [2.45, 2.75) is 43.0 Å². The number of hydrogen-bond donors (Lipinski definition) is 1. The third-order valence-corrected chi connectivity index (χ3v) is 3.88. The largest absolute Gasteiger partial charge is 1.00 e. The molecule has 0 aromatic heterocycles. The SMILES string of the molecule is CCCCS(=O)(=O)[O-].O=S(=O)(O)C(F)(F)C(F)(F)C(F)(F)C(F)(F)F.[K+]. The zero-order valence-electron chi connectivity index (χ0n) is 12.8. The smallest absolute Gasteiger partial charge is 0.748 e. The first-order chi connectivity index (χ1) is 10.6. The molecule has 154 valence electrons. The molecule has 18 heteroatoms. The molecule has 0 rings (SSSR count). The second-order valence-electron chi connectivity index (χ2n) is 4.25. The van der Waals surface area contributed by atoms with Gasteiger partial charge in [-0.1, -0.05) is 13.3 Å². The summed E-state index contributed by atoms with van der Waals surface area (Å²) in [5.41, 5.74) is 0. The van der Waals surface area contributed by atoms with E-state index >= 15 is 0 Å². The van der Waals surface area contributed by atoms with Gasteiger partial charge in [-0.2, -0.15) is 47.9 Å². The minimum Gasteiger partial charge on any atom is -0.748 e. The number of alkyl halides is 9. The number of halogens is 9. The predicted octanol–water partition coefficient (Wildman–Crippen LogP) is -0.364. The Bertz CT molecular complexity index is 644. The van der Waals surface area contributed by atoms with E-state index in [-0.39, 0.29) is 57.1 Å². The Balaban J connectivity index is -0.000000498. The molecule has 0 aromatic carbocycles. The first-order valence-electron chi connectivity index (χ1n) is 5.67. The van der Waals surface area contributed by atoms with Crippen molar-refractivity contribution in [2.24, 2.45) is 0 Å². The molecule has 1 N–H and O–H groups in total. The predicted molar refractivity (Wildman–Crippen MR) is 61.9 cm³/mol. The van der Waals surface area contributed by atoms with E-state index in [9.17, 15) is 60.9 Å². The summed E-state index contributed by atoms with van der Waals surface area (Å²) in [6, 6.07) is 0. The van der Waals surface area contributed by atoms with E-state index < -0.39 is 43.5 Å². The van der Waals surface area contributed by atoms with Crippen LogP contribution < -0.4 is 51.4 Å². The van der Waals surface area contributed by atoms with Gasteiger partial charge in [-0.3, -0.25) is 4.55 Å². The van der Waals surface area contributed by atoms with Crippen molar-refractivity contribution in [1.29, 1.82) is 0 Å². The van der Waals surface area contributed by atoms with Crippen LogP contribution in [-0.4, -0.2) is 55.0 Å². The van der Waals surface area contributed by atoms with Crippen LogP contribution in [0, 0.1) is 0 Å². The maximum absolute atomic E-state index is 12.2. The Morgan fingerprint density at radius 2 is 1.19 bits per heavy atom. The zero-order chi connectivity index (χ0) is 21.1. The van der Waals surface area contributed by atoms with Crippen molar-refractivity contribution < 1.29 is 117 Å². The summed E-state index contributed by atoms with van der Waals surface area (Å²) < 4.78 is 163. The van der Waals surface area contributed by atoms with Crippen LogP contribution in [0.5, 0.6) is 0 Å². The Morgan fingerprint density at radius 3 is 1.35 bits per heavy atom. The number of unbranched alkanes of at least 4 members (excludes halogenated alkanes) is 1. The van der Waals surface area contributed by atoms with E-state index in [1.54, 1.807) is 0 Å². The minimum absolute atomic E-state index is 0. The Kier molecular flexibility index (Phi) is 12.2. The van der Waals surface area contributed by atoms with Crippen molar-refractivity contribution in [3.8, 4) is 0 Å². The first-order valence-corrected chi connectivity index (χ1v) is 8.68. The molecule has 0 aliphatic heterocycles. The third kappa shape index (κ3) is 8.06. The Labute approximate surface area is 184 Å². The van der Waals surface area contributed by atoms with Gasteiger partial charge in [-0.25, -0.2) is 8.42 Å². The molecule has 0 unspecified atom stereocenters. The van der Waals surface area contributed by atoms with E-state index in [2.05, 4.69) is 0 Å². The van der Waals surface area contributed by atoms with Crippen LogP contribution in [0.2, 0.25) is 0 Å². The topological polar surface area (TPSA) is 112 Å². The molecule has 26 heavy (non-hydrogen) atoms. The van der Waals surface area contributed by atoms with Gasteiger partial charge in [0.25, 0.3) is 0 Å². The monoisotopic (exact) mass is 476 g/mol. The van der Waals surface area contributed by atoms with Gasteiger partial charge in [0.1, 0.15) is 0 Å². The summed E-state index contributed by atoms with van der Waals surface area (Å²) in [5.74, 6) is -14.9. The summed E-state index contributed by atoms with van der Waals surface area (Å²) in [4.78, 5) is 0. The van der Waals surface area contributed by atoms with Gasteiger partial charge < -0.3 is 4.55 Å². The molecule has 0 aromatic rings. The molecular weight excluding hydrogens is 466 g/mol. The van der Waals surface area contributed by atoms with E-state index in [1.807, 2.05) is 6.92 Å². The molecule has 0 atom stereocenters. The van der Waals surface area contributed by atoms with Crippen molar-refractivity contribution >= 4 is 20.2 Å². The molecule has 6 nitrogen and oxygen atoms in total. The standard InChI is InChI=1S/C4HF9O3S.C4H10O3S.K/c5-1(6,3(9,10)11)2(7,8)4(12,13)17(14,15)16;1-2-3-4-8(5,6)7;/h(H,14,15,16);2-4H2,1H3,(H,5,6,7);/q;;+1/p-1. The Hall–Kier alpha value is 0.826. The van der Waals surface area contributed by atoms with E-state index in [0.29, 0.717) is 6.42 Å². The second-order valence-corrected chi connectivity index (χ2v) is 7.24. The van der Waals surface area contributed by atoms with E-state index in [1.165, 1.54) is 0 Å². The molecule has 0 bridgehead atoms. The van der Waals surface area contributed by atoms with Crippen LogP contribution in [0.15, 0.2) is 0 Å². The van der Waals surface area contributed by atoms with Crippen molar-refractivity contribution in [2.75, 3.05) is 5.75 Å². The van der Waals surface area contributed by atoms with Crippen LogP contribution >= 0.6 is 0 Å². The van der Waals surface area contributed by atoms with Crippen LogP contribution in [0.25, 0.3) is 0 Å². The summed E-state index contributed by atoms with van der Waals surface area (Å²) in [5, 5.41) is -7.00. The molecule has 0 amide bonds. The number of rotatable bonds is 6. The van der Waals surface area contributed by atoms with Crippen LogP contribution in [0.1, 0.15) is 19.8 Å². The zero-order valence-corrected chi connectivity index (χ0v) is 17.6. The summed E-state index contributed by atoms with van der Waals surface area (Å²) in [6.45, 7) is 1.84. The van der Waals surface area contributed by atoms with Gasteiger partial charge in [0.15, 0.2) is 0 Å². The molecular formula is C8H10F9KO6S2. The maximum Gasteiger partial charge on any atom is 1.00 e. The van der Waals surface area contributed by atoms with E-state index in [4.69, 9.17) is 4.55 Å². The summed E-state index contributed by atoms with van der Waals surface area (Å²) >= 11 is 0. The molecule has 0 saturated carbocycles. The molecule has 0 saturated heterocycles. The average molecular weight is 476 g/mol. The van der Waals surface area contributed by atoms with Gasteiger partial charge in [-0.15, -0.1) is 0 Å². The summed E-state index contributed by atoms with van der Waals surface area (Å²) in [6.07, 6.45) is -5.90. The van der Waals surface area contributed by atoms with Gasteiger partial charge in [0.2, 0.25) is 0 Å². The Morgan fingerprint density at radius 1 is 0.846 bits per heavy atom. The van der Waals surface area contributed by atoms with Crippen LogP contribution in [-0.2, 0) is 20.2 Å². The molecule has 0 radical (unpaired) electrons. The first kappa shape index (κ1) is 31.5. The van der Waals surface area contributed by atoms with Gasteiger partial charge in [0, 0.05) is 5.75 Å². The fourth-order valence-electron chi connectivity index (χ4n) is 0.844. The average Bonchev–Trinajstić information content (AvgIpc) is 2.33. The minimum atomic E-state index is -7.37. The second kappa shape index (κ2) is 10.0. The maximum atomic E-state index is 12.2. The molecule has 0 spiro atoms. The normalized spacial score (nSPS) is 14.2. The van der Waals surface area contributed by atoms with Crippen molar-refractivity contribution in [3.05, 3.63) is 0 Å². The summed E-state index contributed by atoms with van der Waals surface area (Å²) in [7, 11) is -11.1. The molecule has 0 aliphatic rings. The van der Waals surface area contributed by atoms with Crippen molar-refractivity contribution in [1.82, 2.24) is 0 Å². The van der Waals surface area contributed by atoms with Gasteiger partial charge in [-0.05, 0) is 6.42 Å². The van der Waals surface area contributed by atoms with Crippen molar-refractivity contribution in [3.63, 3.8) is 0 Å². The van der Waals surface area contributed by atoms with Gasteiger partial charge >= 0.3 is 84.8 Å². The van der Waals surface area contributed by atoms with E-state index in [0.717, 1.165) is 6.42 Å². The number of hydrogen-bond acceptors (Lipinski definition) is 5. The van der Waals surface area contributed by atoms with Crippen LogP contribution in [0.4, 0.5) is 39.5 Å². The molecule has 0 heterocycles. The quantitative estimate of drug-likeness (QED) is 0.318. The van der Waals surface area contributed by atoms with Gasteiger partial charge in [0.05, 0.1) is 10.1 Å². The fraction of sp³-hybridized carbons (Fsp3) is 1.00. The molecule has 0 fully saturated rings. The van der Waals surface area contributed by atoms with Crippen LogP contribution in [0.3, 0.4) is 0 Å². The third-order valence-electron chi connectivity index (χ3n) is 2.19. The molecule has 0 aliphatic carbocycles.